The van der Waals surface area contributed by atoms with Crippen LogP contribution in [0.15, 0.2) is 22.1 Å². The molecule has 0 unspecified atom stereocenters. The van der Waals surface area contributed by atoms with Gasteiger partial charge in [-0.2, -0.15) is 0 Å². The molecular weight excluding hydrogens is 292 g/mol. The molecule has 0 bridgehead atoms. The number of hydrogen-bond donors (Lipinski definition) is 3. The second-order valence-electron chi connectivity index (χ2n) is 4.95. The first-order valence-corrected chi connectivity index (χ1v) is 6.93. The van der Waals surface area contributed by atoms with E-state index in [9.17, 15) is 14.0 Å². The van der Waals surface area contributed by atoms with Crippen molar-refractivity contribution in [2.45, 2.75) is 39.7 Å². The van der Waals surface area contributed by atoms with Crippen molar-refractivity contribution in [3.8, 4) is 0 Å². The van der Waals surface area contributed by atoms with Crippen LogP contribution in [0.3, 0.4) is 0 Å². The van der Waals surface area contributed by atoms with Gasteiger partial charge in [-0.3, -0.25) is 10.6 Å². The Morgan fingerprint density at radius 2 is 2.00 bits per heavy atom. The summed E-state index contributed by atoms with van der Waals surface area (Å²) in [5.41, 5.74) is 8.04. The minimum Gasteiger partial charge on any atom is -0.368 e. The van der Waals surface area contributed by atoms with E-state index in [2.05, 4.69) is 15.4 Å². The quantitative estimate of drug-likeness (QED) is 0.428. The van der Waals surface area contributed by atoms with Gasteiger partial charge < -0.3 is 5.73 Å². The number of nitrogens with zero attached hydrogens (tertiary/aromatic N) is 3. The highest BCUT2D eigenvalue weighted by molar-refractivity contribution is 5.85. The van der Waals surface area contributed by atoms with Gasteiger partial charge in [-0.15, -0.1) is 0 Å². The molecule has 1 rings (SSSR count). The summed E-state index contributed by atoms with van der Waals surface area (Å²) in [5.74, 6) is -1.38. The SMILES string of the molecule is CCCc1c(F)cc(N=CN=C(N)NN(O)C(C)C)cc1F. The number of halogens is 2. The van der Waals surface area contributed by atoms with Crippen LogP contribution in [0.5, 0.6) is 0 Å². The van der Waals surface area contributed by atoms with Gasteiger partial charge in [-0.25, -0.2) is 18.8 Å². The summed E-state index contributed by atoms with van der Waals surface area (Å²) < 4.78 is 27.4. The number of nitrogens with one attached hydrogen (secondary N) is 1. The second kappa shape index (κ2) is 8.40. The van der Waals surface area contributed by atoms with E-state index >= 15 is 0 Å². The molecule has 0 radical (unpaired) electrons. The van der Waals surface area contributed by atoms with Gasteiger partial charge >= 0.3 is 0 Å². The number of nitrogens with two attached hydrogens (primary N) is 1. The van der Waals surface area contributed by atoms with E-state index in [1.807, 2.05) is 6.92 Å². The van der Waals surface area contributed by atoms with Crippen molar-refractivity contribution in [1.82, 2.24) is 10.6 Å². The van der Waals surface area contributed by atoms with Gasteiger partial charge in [0, 0.05) is 17.7 Å². The Kier molecular flexibility index (Phi) is 6.87. The van der Waals surface area contributed by atoms with Gasteiger partial charge in [0.25, 0.3) is 0 Å². The predicted molar refractivity (Wildman–Crippen MR) is 82.0 cm³/mol. The zero-order chi connectivity index (χ0) is 16.7. The molecule has 6 nitrogen and oxygen atoms in total. The maximum Gasteiger partial charge on any atom is 0.211 e. The molecule has 1 aromatic carbocycles. The van der Waals surface area contributed by atoms with Gasteiger partial charge in [0.1, 0.15) is 18.0 Å². The highest BCUT2D eigenvalue weighted by Crippen LogP contribution is 2.21. The predicted octanol–water partition coefficient (Wildman–Crippen LogP) is 2.50. The molecule has 8 heteroatoms. The summed E-state index contributed by atoms with van der Waals surface area (Å²) in [4.78, 5) is 7.51. The van der Waals surface area contributed by atoms with E-state index < -0.39 is 11.6 Å². The van der Waals surface area contributed by atoms with Crippen LogP contribution in [0, 0.1) is 11.6 Å². The molecule has 0 saturated carbocycles. The van der Waals surface area contributed by atoms with Crippen LogP contribution < -0.4 is 11.2 Å². The van der Waals surface area contributed by atoms with E-state index in [0.717, 1.165) is 23.6 Å². The molecule has 0 aliphatic rings. The van der Waals surface area contributed by atoms with Gasteiger partial charge in [-0.05, 0) is 20.3 Å². The number of benzene rings is 1. The van der Waals surface area contributed by atoms with Crippen LogP contribution >= 0.6 is 0 Å². The standard InChI is InChI=1S/C14H21F2N5O/c1-4-5-11-12(15)6-10(7-13(11)16)18-8-19-14(17)20-21(22)9(2)3/h6-9,22H,4-5H2,1-3H3,(H3,17,18,19,20). The lowest BCUT2D eigenvalue weighted by atomic mass is 10.1. The van der Waals surface area contributed by atoms with Crippen molar-refractivity contribution >= 4 is 18.0 Å². The summed E-state index contributed by atoms with van der Waals surface area (Å²) in [7, 11) is 0. The zero-order valence-electron chi connectivity index (χ0n) is 12.8. The van der Waals surface area contributed by atoms with Gasteiger partial charge in [-0.1, -0.05) is 18.5 Å². The van der Waals surface area contributed by atoms with Gasteiger partial charge in [0.05, 0.1) is 11.7 Å². The van der Waals surface area contributed by atoms with Crippen LogP contribution in [0.25, 0.3) is 0 Å². The first-order valence-electron chi connectivity index (χ1n) is 6.93. The van der Waals surface area contributed by atoms with E-state index in [-0.39, 0.29) is 23.3 Å². The molecular formula is C14H21F2N5O. The fraction of sp³-hybridized carbons (Fsp3) is 0.429. The average Bonchev–Trinajstić information content (AvgIpc) is 2.42. The maximum atomic E-state index is 13.7. The van der Waals surface area contributed by atoms with Crippen molar-refractivity contribution in [3.63, 3.8) is 0 Å². The van der Waals surface area contributed by atoms with Crippen LogP contribution in [0.1, 0.15) is 32.8 Å². The number of hydroxylamine groups is 1. The first-order chi connectivity index (χ1) is 10.3. The molecule has 0 fully saturated rings. The number of hydrogen-bond acceptors (Lipinski definition) is 3. The van der Waals surface area contributed by atoms with Crippen LogP contribution in [-0.2, 0) is 6.42 Å². The minimum absolute atomic E-state index is 0.0546. The van der Waals surface area contributed by atoms with Gasteiger partial charge in [0.15, 0.2) is 0 Å². The van der Waals surface area contributed by atoms with E-state index in [0.29, 0.717) is 12.8 Å². The first kappa shape index (κ1) is 18.0. The highest BCUT2D eigenvalue weighted by atomic mass is 19.1. The molecule has 0 aliphatic heterocycles. The lowest BCUT2D eigenvalue weighted by Crippen LogP contribution is -2.47. The fourth-order valence-electron chi connectivity index (χ4n) is 1.59. The molecule has 0 spiro atoms. The average molecular weight is 313 g/mol. The lowest BCUT2D eigenvalue weighted by Gasteiger charge is -2.19. The van der Waals surface area contributed by atoms with E-state index in [4.69, 9.17) is 5.73 Å². The molecule has 0 saturated heterocycles. The summed E-state index contributed by atoms with van der Waals surface area (Å²) in [5, 5.41) is 10.2. The third kappa shape index (κ3) is 5.38. The summed E-state index contributed by atoms with van der Waals surface area (Å²) in [6, 6.07) is 2.06. The molecule has 4 N–H and O–H groups in total. The smallest absolute Gasteiger partial charge is 0.211 e. The van der Waals surface area contributed by atoms with E-state index in [1.165, 1.54) is 0 Å². The molecule has 0 aromatic heterocycles. The Labute approximate surface area is 128 Å². The van der Waals surface area contributed by atoms with Crippen molar-refractivity contribution in [3.05, 3.63) is 29.3 Å². The molecule has 0 atom stereocenters. The minimum atomic E-state index is -0.634. The Morgan fingerprint density at radius 1 is 1.41 bits per heavy atom. The Hall–Kier alpha value is -2.06. The van der Waals surface area contributed by atoms with Crippen molar-refractivity contribution < 1.29 is 14.0 Å². The summed E-state index contributed by atoms with van der Waals surface area (Å²) in [6.45, 7) is 5.31. The van der Waals surface area contributed by atoms with Crippen molar-refractivity contribution in [2.24, 2.45) is 15.7 Å². The number of rotatable bonds is 6. The number of hydrazine groups is 1. The van der Waals surface area contributed by atoms with E-state index in [1.54, 1.807) is 13.8 Å². The summed E-state index contributed by atoms with van der Waals surface area (Å²) >= 11 is 0. The Balaban J connectivity index is 2.78. The van der Waals surface area contributed by atoms with Crippen molar-refractivity contribution in [1.29, 1.82) is 0 Å². The fourth-order valence-corrected chi connectivity index (χ4v) is 1.59. The third-order valence-corrected chi connectivity index (χ3v) is 2.75. The Bertz CT molecular complexity index is 537. The normalized spacial score (nSPS) is 12.6. The monoisotopic (exact) mass is 313 g/mol. The second-order valence-corrected chi connectivity index (χ2v) is 4.95. The summed E-state index contributed by atoms with van der Waals surface area (Å²) in [6.07, 6.45) is 2.03. The highest BCUT2D eigenvalue weighted by Gasteiger charge is 2.09. The van der Waals surface area contributed by atoms with Crippen LogP contribution in [0.4, 0.5) is 14.5 Å². The topological polar surface area (TPSA) is 86.2 Å². The maximum absolute atomic E-state index is 13.7. The molecule has 122 valence electrons. The lowest BCUT2D eigenvalue weighted by molar-refractivity contribution is -0.143. The van der Waals surface area contributed by atoms with Crippen LogP contribution in [0.2, 0.25) is 0 Å². The zero-order valence-corrected chi connectivity index (χ0v) is 12.8. The van der Waals surface area contributed by atoms with Crippen LogP contribution in [-0.4, -0.2) is 28.7 Å². The Morgan fingerprint density at radius 3 is 2.50 bits per heavy atom. The third-order valence-electron chi connectivity index (χ3n) is 2.75. The molecule has 0 aliphatic carbocycles. The molecule has 1 aromatic rings. The molecule has 22 heavy (non-hydrogen) atoms. The molecule has 0 amide bonds. The number of guanidine groups is 1. The molecule has 0 heterocycles. The van der Waals surface area contributed by atoms with Gasteiger partial charge in [0.2, 0.25) is 5.96 Å². The van der Waals surface area contributed by atoms with Crippen molar-refractivity contribution in [2.75, 3.05) is 0 Å². The largest absolute Gasteiger partial charge is 0.368 e. The number of aliphatic imine (C=N–C) groups is 2.